The molecule has 2 aromatic rings. The zero-order valence-corrected chi connectivity index (χ0v) is 16.4. The van der Waals surface area contributed by atoms with E-state index in [0.29, 0.717) is 13.0 Å². The average Bonchev–Trinajstić information content (AvgIpc) is 2.61. The molecule has 0 unspecified atom stereocenters. The fourth-order valence-electron chi connectivity index (χ4n) is 2.48. The molecule has 0 heterocycles. The Kier molecular flexibility index (Phi) is 7.98. The summed E-state index contributed by atoms with van der Waals surface area (Å²) >= 11 is 1.64. The van der Waals surface area contributed by atoms with Crippen molar-refractivity contribution >= 4 is 17.7 Å². The highest BCUT2D eigenvalue weighted by Crippen LogP contribution is 2.22. The highest BCUT2D eigenvalue weighted by atomic mass is 32.2. The van der Waals surface area contributed by atoms with Crippen molar-refractivity contribution in [2.75, 3.05) is 12.8 Å². The molecule has 140 valence electrons. The van der Waals surface area contributed by atoms with Crippen molar-refractivity contribution in [1.82, 2.24) is 4.90 Å². The Morgan fingerprint density at radius 3 is 2.54 bits per heavy atom. The number of amides is 1. The summed E-state index contributed by atoms with van der Waals surface area (Å²) in [6, 6.07) is 14.3. The molecule has 0 bridgehead atoms. The molecular weight excluding hydrogens is 349 g/mol. The third-order valence-electron chi connectivity index (χ3n) is 3.79. The van der Waals surface area contributed by atoms with E-state index in [-0.39, 0.29) is 17.8 Å². The lowest BCUT2D eigenvalue weighted by Crippen LogP contribution is -2.26. The number of para-hydroxylation sites is 1. The number of rotatable bonds is 9. The van der Waals surface area contributed by atoms with Crippen LogP contribution in [-0.4, -0.2) is 29.7 Å². The van der Waals surface area contributed by atoms with Crippen LogP contribution in [0.2, 0.25) is 0 Å². The number of hydrogen-bond donors (Lipinski definition) is 0. The Hall–Kier alpha value is -2.01. The van der Waals surface area contributed by atoms with Crippen molar-refractivity contribution in [3.05, 3.63) is 59.9 Å². The first kappa shape index (κ1) is 20.3. The quantitative estimate of drug-likeness (QED) is 0.449. The SMILES string of the molecule is CC(C)Oc1ccccc1CN(C)C(=O)CCCSc1ccc(F)cc1. The van der Waals surface area contributed by atoms with Gasteiger partial charge in [0, 0.05) is 30.5 Å². The molecule has 2 aromatic carbocycles. The van der Waals surface area contributed by atoms with E-state index in [9.17, 15) is 9.18 Å². The van der Waals surface area contributed by atoms with Gasteiger partial charge in [0.1, 0.15) is 11.6 Å². The Bertz CT molecular complexity index is 703. The normalized spacial score (nSPS) is 10.8. The zero-order chi connectivity index (χ0) is 18.9. The standard InChI is InChI=1S/C21H26FNO2S/c1-16(2)25-20-8-5-4-7-17(20)15-23(3)21(24)9-6-14-26-19-12-10-18(22)11-13-19/h4-5,7-8,10-13,16H,6,9,14-15H2,1-3H3. The molecule has 0 aliphatic carbocycles. The second kappa shape index (κ2) is 10.2. The zero-order valence-electron chi connectivity index (χ0n) is 15.6. The van der Waals surface area contributed by atoms with Crippen LogP contribution in [0.3, 0.4) is 0 Å². The topological polar surface area (TPSA) is 29.5 Å². The van der Waals surface area contributed by atoms with Crippen LogP contribution in [0.25, 0.3) is 0 Å². The molecule has 0 radical (unpaired) electrons. The second-order valence-electron chi connectivity index (χ2n) is 6.43. The van der Waals surface area contributed by atoms with Crippen molar-refractivity contribution in [2.45, 2.75) is 44.2 Å². The third-order valence-corrected chi connectivity index (χ3v) is 4.88. The summed E-state index contributed by atoms with van der Waals surface area (Å²) < 4.78 is 18.7. The Balaban J connectivity index is 1.78. The molecule has 3 nitrogen and oxygen atoms in total. The molecule has 0 spiro atoms. The Labute approximate surface area is 159 Å². The van der Waals surface area contributed by atoms with Gasteiger partial charge in [-0.1, -0.05) is 18.2 Å². The van der Waals surface area contributed by atoms with Gasteiger partial charge in [-0.15, -0.1) is 11.8 Å². The van der Waals surface area contributed by atoms with Gasteiger partial charge in [0.05, 0.1) is 6.10 Å². The average molecular weight is 376 g/mol. The predicted molar refractivity (Wildman–Crippen MR) is 105 cm³/mol. The maximum absolute atomic E-state index is 12.9. The number of hydrogen-bond acceptors (Lipinski definition) is 3. The molecule has 0 N–H and O–H groups in total. The molecule has 0 saturated heterocycles. The molecular formula is C21H26FNO2S. The Morgan fingerprint density at radius 2 is 1.85 bits per heavy atom. The summed E-state index contributed by atoms with van der Waals surface area (Å²) in [7, 11) is 1.82. The molecule has 0 aliphatic rings. The maximum atomic E-state index is 12.9. The fraction of sp³-hybridized carbons (Fsp3) is 0.381. The lowest BCUT2D eigenvalue weighted by Gasteiger charge is -2.20. The number of carbonyl (C=O) groups is 1. The molecule has 0 atom stereocenters. The van der Waals surface area contributed by atoms with E-state index in [1.54, 1.807) is 28.8 Å². The van der Waals surface area contributed by atoms with Gasteiger partial charge < -0.3 is 9.64 Å². The minimum absolute atomic E-state index is 0.0978. The minimum Gasteiger partial charge on any atom is -0.491 e. The molecule has 1 amide bonds. The molecule has 26 heavy (non-hydrogen) atoms. The summed E-state index contributed by atoms with van der Waals surface area (Å²) in [5.41, 5.74) is 1.01. The lowest BCUT2D eigenvalue weighted by atomic mass is 10.2. The maximum Gasteiger partial charge on any atom is 0.222 e. The molecule has 0 aromatic heterocycles. The van der Waals surface area contributed by atoms with Gasteiger partial charge in [-0.05, 0) is 56.4 Å². The molecule has 0 saturated carbocycles. The second-order valence-corrected chi connectivity index (χ2v) is 7.60. The van der Waals surface area contributed by atoms with Crippen molar-refractivity contribution < 1.29 is 13.9 Å². The van der Waals surface area contributed by atoms with Crippen LogP contribution in [-0.2, 0) is 11.3 Å². The van der Waals surface area contributed by atoms with E-state index in [1.807, 2.05) is 45.2 Å². The van der Waals surface area contributed by atoms with E-state index >= 15 is 0 Å². The smallest absolute Gasteiger partial charge is 0.222 e. The van der Waals surface area contributed by atoms with Crippen LogP contribution in [0.1, 0.15) is 32.3 Å². The van der Waals surface area contributed by atoms with Crippen molar-refractivity contribution in [1.29, 1.82) is 0 Å². The van der Waals surface area contributed by atoms with Gasteiger partial charge in [0.25, 0.3) is 0 Å². The van der Waals surface area contributed by atoms with E-state index in [1.165, 1.54) is 12.1 Å². The number of carbonyl (C=O) groups excluding carboxylic acids is 1. The highest BCUT2D eigenvalue weighted by Gasteiger charge is 2.12. The van der Waals surface area contributed by atoms with Gasteiger partial charge in [-0.3, -0.25) is 4.79 Å². The predicted octanol–water partition coefficient (Wildman–Crippen LogP) is 5.14. The van der Waals surface area contributed by atoms with Crippen LogP contribution in [0.15, 0.2) is 53.4 Å². The van der Waals surface area contributed by atoms with Crippen LogP contribution < -0.4 is 4.74 Å². The molecule has 0 aliphatic heterocycles. The first-order valence-electron chi connectivity index (χ1n) is 8.82. The van der Waals surface area contributed by atoms with E-state index < -0.39 is 0 Å². The van der Waals surface area contributed by atoms with Crippen molar-refractivity contribution in [3.63, 3.8) is 0 Å². The van der Waals surface area contributed by atoms with E-state index in [4.69, 9.17) is 4.74 Å². The number of nitrogens with zero attached hydrogens (tertiary/aromatic N) is 1. The van der Waals surface area contributed by atoms with Gasteiger partial charge in [0.2, 0.25) is 5.91 Å². The third kappa shape index (κ3) is 6.71. The van der Waals surface area contributed by atoms with Crippen molar-refractivity contribution in [3.8, 4) is 5.75 Å². The number of benzene rings is 2. The van der Waals surface area contributed by atoms with E-state index in [2.05, 4.69) is 0 Å². The van der Waals surface area contributed by atoms with Gasteiger partial charge >= 0.3 is 0 Å². The summed E-state index contributed by atoms with van der Waals surface area (Å²) in [5, 5.41) is 0. The molecule has 2 rings (SSSR count). The summed E-state index contributed by atoms with van der Waals surface area (Å²) in [5.74, 6) is 1.55. The summed E-state index contributed by atoms with van der Waals surface area (Å²) in [6.45, 7) is 4.52. The summed E-state index contributed by atoms with van der Waals surface area (Å²) in [4.78, 5) is 15.1. The largest absolute Gasteiger partial charge is 0.491 e. The number of ether oxygens (including phenoxy) is 1. The van der Waals surface area contributed by atoms with Crippen LogP contribution in [0.5, 0.6) is 5.75 Å². The molecule has 5 heteroatoms. The van der Waals surface area contributed by atoms with Crippen LogP contribution in [0, 0.1) is 5.82 Å². The van der Waals surface area contributed by atoms with Crippen molar-refractivity contribution in [2.24, 2.45) is 0 Å². The van der Waals surface area contributed by atoms with Gasteiger partial charge in [0.15, 0.2) is 0 Å². The van der Waals surface area contributed by atoms with E-state index in [0.717, 1.165) is 28.4 Å². The Morgan fingerprint density at radius 1 is 1.15 bits per heavy atom. The summed E-state index contributed by atoms with van der Waals surface area (Å²) in [6.07, 6.45) is 1.38. The van der Waals surface area contributed by atoms with Crippen LogP contribution in [0.4, 0.5) is 4.39 Å². The fourth-order valence-corrected chi connectivity index (χ4v) is 3.34. The highest BCUT2D eigenvalue weighted by molar-refractivity contribution is 7.99. The number of thioether (sulfide) groups is 1. The monoisotopic (exact) mass is 375 g/mol. The van der Waals surface area contributed by atoms with Gasteiger partial charge in [-0.25, -0.2) is 4.39 Å². The van der Waals surface area contributed by atoms with Crippen LogP contribution >= 0.6 is 11.8 Å². The first-order valence-corrected chi connectivity index (χ1v) is 9.81. The molecule has 0 fully saturated rings. The minimum atomic E-state index is -0.229. The lowest BCUT2D eigenvalue weighted by molar-refractivity contribution is -0.130. The first-order chi connectivity index (χ1) is 12.5. The number of halogens is 1. The van der Waals surface area contributed by atoms with Gasteiger partial charge in [-0.2, -0.15) is 0 Å².